The second kappa shape index (κ2) is 9.97. The number of hydrogen-bond acceptors (Lipinski definition) is 2. The highest BCUT2D eigenvalue weighted by Crippen LogP contribution is 2.19. The fourth-order valence-electron chi connectivity index (χ4n) is 2.67. The van der Waals surface area contributed by atoms with Gasteiger partial charge in [-0.15, -0.1) is 0 Å². The fraction of sp³-hybridized carbons (Fsp3) is 0.684. The Balaban J connectivity index is 2.74. The van der Waals surface area contributed by atoms with E-state index >= 15 is 0 Å². The number of benzene rings is 1. The minimum atomic E-state index is 0.438. The van der Waals surface area contributed by atoms with Crippen molar-refractivity contribution in [3.05, 3.63) is 35.4 Å². The smallest absolute Gasteiger partial charge is 0.0449 e. The second-order valence-electron chi connectivity index (χ2n) is 6.18. The summed E-state index contributed by atoms with van der Waals surface area (Å²) in [6.45, 7) is 15.7. The van der Waals surface area contributed by atoms with E-state index in [-0.39, 0.29) is 0 Å². The minimum absolute atomic E-state index is 0.438. The van der Waals surface area contributed by atoms with E-state index in [4.69, 9.17) is 0 Å². The summed E-state index contributed by atoms with van der Waals surface area (Å²) in [6.07, 6.45) is 2.56. The lowest BCUT2D eigenvalue weighted by Gasteiger charge is -2.27. The van der Waals surface area contributed by atoms with E-state index < -0.39 is 0 Å². The quantitative estimate of drug-likeness (QED) is 0.678. The Kier molecular flexibility index (Phi) is 8.63. The van der Waals surface area contributed by atoms with Gasteiger partial charge in [0.25, 0.3) is 0 Å². The van der Waals surface area contributed by atoms with Crippen LogP contribution in [0.3, 0.4) is 0 Å². The Labute approximate surface area is 131 Å². The van der Waals surface area contributed by atoms with Crippen molar-refractivity contribution in [1.29, 1.82) is 0 Å². The number of nitrogens with one attached hydrogen (secondary N) is 1. The average molecular weight is 290 g/mol. The van der Waals surface area contributed by atoms with Crippen LogP contribution in [0.15, 0.2) is 24.3 Å². The lowest BCUT2D eigenvalue weighted by Crippen LogP contribution is -2.35. The third kappa shape index (κ3) is 6.19. The van der Waals surface area contributed by atoms with Gasteiger partial charge in [-0.1, -0.05) is 65.3 Å². The molecule has 0 fully saturated rings. The molecule has 1 atom stereocenters. The van der Waals surface area contributed by atoms with E-state index in [0.29, 0.717) is 12.0 Å². The Morgan fingerprint density at radius 1 is 1.00 bits per heavy atom. The summed E-state index contributed by atoms with van der Waals surface area (Å²) in [6, 6.07) is 9.61. The lowest BCUT2D eigenvalue weighted by atomic mass is 9.98. The van der Waals surface area contributed by atoms with Gasteiger partial charge in [0.2, 0.25) is 0 Å². The molecule has 1 aromatic carbocycles. The van der Waals surface area contributed by atoms with E-state index in [9.17, 15) is 0 Å². The molecule has 120 valence electrons. The standard InChI is InChI=1S/C19H34N2/c1-6-9-14-21(8-3)15-19(20-7-2)18-12-10-17(11-13-18)16(4)5/h10-13,16,19-20H,6-9,14-15H2,1-5H3. The van der Waals surface area contributed by atoms with Crippen molar-refractivity contribution in [2.75, 3.05) is 26.2 Å². The summed E-state index contributed by atoms with van der Waals surface area (Å²) in [5.41, 5.74) is 2.84. The van der Waals surface area contributed by atoms with Gasteiger partial charge in [-0.3, -0.25) is 0 Å². The monoisotopic (exact) mass is 290 g/mol. The molecule has 0 spiro atoms. The summed E-state index contributed by atoms with van der Waals surface area (Å²) >= 11 is 0. The Bertz CT molecular complexity index is 370. The molecule has 1 unspecified atom stereocenters. The van der Waals surface area contributed by atoms with Crippen LogP contribution in [0.2, 0.25) is 0 Å². The molecule has 0 aliphatic rings. The Morgan fingerprint density at radius 3 is 2.10 bits per heavy atom. The van der Waals surface area contributed by atoms with Crippen LogP contribution < -0.4 is 5.32 Å². The van der Waals surface area contributed by atoms with Crippen molar-refractivity contribution in [2.45, 2.75) is 59.4 Å². The summed E-state index contributed by atoms with van der Waals surface area (Å²) in [5, 5.41) is 3.65. The van der Waals surface area contributed by atoms with Gasteiger partial charge in [-0.2, -0.15) is 0 Å². The van der Waals surface area contributed by atoms with Gasteiger partial charge in [-0.05, 0) is 43.1 Å². The molecule has 0 heterocycles. The zero-order chi connectivity index (χ0) is 15.7. The van der Waals surface area contributed by atoms with Crippen molar-refractivity contribution < 1.29 is 0 Å². The molecule has 0 aromatic heterocycles. The first-order chi connectivity index (χ1) is 10.1. The van der Waals surface area contributed by atoms with Crippen molar-refractivity contribution in [1.82, 2.24) is 10.2 Å². The molecule has 0 amide bonds. The van der Waals surface area contributed by atoms with Gasteiger partial charge in [0.1, 0.15) is 0 Å². The van der Waals surface area contributed by atoms with E-state index in [1.165, 1.54) is 30.5 Å². The zero-order valence-corrected chi connectivity index (χ0v) is 14.7. The van der Waals surface area contributed by atoms with Gasteiger partial charge in [0.15, 0.2) is 0 Å². The van der Waals surface area contributed by atoms with E-state index in [1.807, 2.05) is 0 Å². The maximum absolute atomic E-state index is 3.65. The van der Waals surface area contributed by atoms with E-state index in [2.05, 4.69) is 69.1 Å². The van der Waals surface area contributed by atoms with Crippen LogP contribution in [0.4, 0.5) is 0 Å². The van der Waals surface area contributed by atoms with E-state index in [1.54, 1.807) is 0 Å². The molecule has 2 nitrogen and oxygen atoms in total. The third-order valence-corrected chi connectivity index (χ3v) is 4.17. The molecule has 1 aromatic rings. The Morgan fingerprint density at radius 2 is 1.62 bits per heavy atom. The molecule has 0 saturated carbocycles. The van der Waals surface area contributed by atoms with Gasteiger partial charge in [0.05, 0.1) is 0 Å². The van der Waals surface area contributed by atoms with E-state index in [0.717, 1.165) is 19.6 Å². The number of rotatable bonds is 10. The maximum Gasteiger partial charge on any atom is 0.0449 e. The highest BCUT2D eigenvalue weighted by Gasteiger charge is 2.14. The molecule has 1 N–H and O–H groups in total. The highest BCUT2D eigenvalue weighted by molar-refractivity contribution is 5.27. The first kappa shape index (κ1) is 18.2. The largest absolute Gasteiger partial charge is 0.309 e. The molecular weight excluding hydrogens is 256 g/mol. The zero-order valence-electron chi connectivity index (χ0n) is 14.7. The molecular formula is C19H34N2. The van der Waals surface area contributed by atoms with Gasteiger partial charge in [-0.25, -0.2) is 0 Å². The predicted molar refractivity (Wildman–Crippen MR) is 94.0 cm³/mol. The van der Waals surface area contributed by atoms with Crippen molar-refractivity contribution in [3.8, 4) is 0 Å². The van der Waals surface area contributed by atoms with Crippen molar-refractivity contribution in [2.24, 2.45) is 0 Å². The van der Waals surface area contributed by atoms with Gasteiger partial charge in [0, 0.05) is 12.6 Å². The van der Waals surface area contributed by atoms with Gasteiger partial charge < -0.3 is 10.2 Å². The predicted octanol–water partition coefficient (Wildman–Crippen LogP) is 4.58. The minimum Gasteiger partial charge on any atom is -0.309 e. The van der Waals surface area contributed by atoms with Crippen LogP contribution in [0.5, 0.6) is 0 Å². The maximum atomic E-state index is 3.65. The molecule has 1 rings (SSSR count). The number of hydrogen-bond donors (Lipinski definition) is 1. The number of unbranched alkanes of at least 4 members (excludes halogenated alkanes) is 1. The summed E-state index contributed by atoms with van der Waals surface area (Å²) in [4.78, 5) is 2.56. The molecule has 0 aliphatic heterocycles. The van der Waals surface area contributed by atoms with Crippen LogP contribution >= 0.6 is 0 Å². The summed E-state index contributed by atoms with van der Waals surface area (Å²) < 4.78 is 0. The molecule has 0 radical (unpaired) electrons. The summed E-state index contributed by atoms with van der Waals surface area (Å²) in [7, 11) is 0. The lowest BCUT2D eigenvalue weighted by molar-refractivity contribution is 0.251. The Hall–Kier alpha value is -0.860. The highest BCUT2D eigenvalue weighted by atomic mass is 15.1. The van der Waals surface area contributed by atoms with Crippen LogP contribution in [0, 0.1) is 0 Å². The first-order valence-corrected chi connectivity index (χ1v) is 8.67. The normalized spacial score (nSPS) is 13.1. The topological polar surface area (TPSA) is 15.3 Å². The van der Waals surface area contributed by atoms with Crippen LogP contribution in [0.25, 0.3) is 0 Å². The van der Waals surface area contributed by atoms with Crippen molar-refractivity contribution in [3.63, 3.8) is 0 Å². The van der Waals surface area contributed by atoms with Crippen LogP contribution in [-0.4, -0.2) is 31.1 Å². The fourth-order valence-corrected chi connectivity index (χ4v) is 2.67. The molecule has 0 saturated heterocycles. The van der Waals surface area contributed by atoms with Crippen molar-refractivity contribution >= 4 is 0 Å². The molecule has 0 aliphatic carbocycles. The number of nitrogens with zero attached hydrogens (tertiary/aromatic N) is 1. The SMILES string of the molecule is CCCCN(CC)CC(NCC)c1ccc(C(C)C)cc1. The molecule has 21 heavy (non-hydrogen) atoms. The molecule has 2 heteroatoms. The average Bonchev–Trinajstić information content (AvgIpc) is 2.50. The number of likely N-dealkylation sites (N-methyl/N-ethyl adjacent to an activating group) is 2. The van der Waals surface area contributed by atoms with Crippen LogP contribution in [-0.2, 0) is 0 Å². The third-order valence-electron chi connectivity index (χ3n) is 4.17. The summed E-state index contributed by atoms with van der Waals surface area (Å²) in [5.74, 6) is 0.605. The van der Waals surface area contributed by atoms with Crippen LogP contribution in [0.1, 0.15) is 70.5 Å². The molecule has 0 bridgehead atoms. The first-order valence-electron chi connectivity index (χ1n) is 8.67. The second-order valence-corrected chi connectivity index (χ2v) is 6.18. The van der Waals surface area contributed by atoms with Gasteiger partial charge >= 0.3 is 0 Å².